The first-order chi connectivity index (χ1) is 19.8. The third-order valence-corrected chi connectivity index (χ3v) is 7.17. The zero-order valence-corrected chi connectivity index (χ0v) is 24.0. The van der Waals surface area contributed by atoms with Crippen molar-refractivity contribution in [3.8, 4) is 5.82 Å². The maximum absolute atomic E-state index is 13.2. The van der Waals surface area contributed by atoms with Crippen LogP contribution in [0.3, 0.4) is 0 Å². The summed E-state index contributed by atoms with van der Waals surface area (Å²) in [7, 11) is 0. The van der Waals surface area contributed by atoms with Crippen LogP contribution in [0.1, 0.15) is 26.5 Å². The minimum atomic E-state index is -1.15. The quantitative estimate of drug-likeness (QED) is 0.211. The molecule has 4 heterocycles. The Morgan fingerprint density at radius 2 is 1.85 bits per heavy atom. The first-order valence-electron chi connectivity index (χ1n) is 14.0. The number of hydrogen-bond acceptors (Lipinski definition) is 9. The van der Waals surface area contributed by atoms with Crippen LogP contribution in [0.25, 0.3) is 16.9 Å². The number of hydrogen-bond donors (Lipinski definition) is 2. The standard InChI is InChI=1S/C30H38N8O3/c1-5-14-37-28(39)24-21-31-29(34-27(24)38(37)26-9-7-8-25(33-26)30(3,4)40)32-22-10-12-23(13-11-22)36-17-15-35(16-18-36)19-20-41-6-2/h5,7-13,21,40H,1,6,14-20H2,2-4H3,(H,31,32,34). The second-order valence-corrected chi connectivity index (χ2v) is 10.6. The van der Waals surface area contributed by atoms with Gasteiger partial charge in [0.1, 0.15) is 11.0 Å². The number of nitrogens with zero attached hydrogens (tertiary/aromatic N) is 7. The van der Waals surface area contributed by atoms with Crippen molar-refractivity contribution in [1.82, 2.24) is 29.2 Å². The number of anilines is 3. The van der Waals surface area contributed by atoms with E-state index in [2.05, 4.69) is 43.8 Å². The lowest BCUT2D eigenvalue weighted by Crippen LogP contribution is -2.47. The van der Waals surface area contributed by atoms with Crippen molar-refractivity contribution in [2.45, 2.75) is 32.9 Å². The van der Waals surface area contributed by atoms with Crippen LogP contribution in [0.4, 0.5) is 17.3 Å². The van der Waals surface area contributed by atoms with Crippen LogP contribution in [-0.4, -0.2) is 80.3 Å². The molecule has 1 aromatic carbocycles. The Kier molecular flexibility index (Phi) is 8.48. The molecule has 0 unspecified atom stereocenters. The van der Waals surface area contributed by atoms with Gasteiger partial charge in [-0.25, -0.2) is 19.3 Å². The number of rotatable bonds is 11. The maximum Gasteiger partial charge on any atom is 0.278 e. The largest absolute Gasteiger partial charge is 0.384 e. The molecular weight excluding hydrogens is 520 g/mol. The molecule has 0 amide bonds. The van der Waals surface area contributed by atoms with Gasteiger partial charge in [0.05, 0.1) is 18.8 Å². The number of allylic oxidation sites excluding steroid dienone is 1. The molecule has 0 atom stereocenters. The van der Waals surface area contributed by atoms with Gasteiger partial charge in [-0.05, 0) is 57.2 Å². The van der Waals surface area contributed by atoms with Crippen molar-refractivity contribution in [1.29, 1.82) is 0 Å². The van der Waals surface area contributed by atoms with Crippen molar-refractivity contribution in [2.24, 2.45) is 0 Å². The zero-order valence-electron chi connectivity index (χ0n) is 24.0. The van der Waals surface area contributed by atoms with Crippen molar-refractivity contribution in [2.75, 3.05) is 56.2 Å². The highest BCUT2D eigenvalue weighted by atomic mass is 16.5. The van der Waals surface area contributed by atoms with Crippen LogP contribution >= 0.6 is 0 Å². The van der Waals surface area contributed by atoms with E-state index in [0.29, 0.717) is 28.5 Å². The molecular formula is C30H38N8O3. The highest BCUT2D eigenvalue weighted by Crippen LogP contribution is 2.24. The summed E-state index contributed by atoms with van der Waals surface area (Å²) in [6, 6.07) is 13.5. The van der Waals surface area contributed by atoms with Gasteiger partial charge in [0.2, 0.25) is 5.95 Å². The summed E-state index contributed by atoms with van der Waals surface area (Å²) < 4.78 is 8.65. The third-order valence-electron chi connectivity index (χ3n) is 7.17. The van der Waals surface area contributed by atoms with Crippen LogP contribution in [0.5, 0.6) is 0 Å². The van der Waals surface area contributed by atoms with Gasteiger partial charge in [-0.1, -0.05) is 12.1 Å². The van der Waals surface area contributed by atoms with Crippen molar-refractivity contribution in [3.05, 3.63) is 77.4 Å². The molecule has 0 bridgehead atoms. The van der Waals surface area contributed by atoms with Gasteiger partial charge in [-0.2, -0.15) is 4.98 Å². The normalized spacial score (nSPS) is 14.5. The van der Waals surface area contributed by atoms with Gasteiger partial charge in [-0.15, -0.1) is 6.58 Å². The molecule has 0 spiro atoms. The smallest absolute Gasteiger partial charge is 0.278 e. The number of aliphatic hydroxyl groups is 1. The molecule has 0 radical (unpaired) electrons. The molecule has 1 aliphatic rings. The fourth-order valence-electron chi connectivity index (χ4n) is 4.94. The van der Waals surface area contributed by atoms with Gasteiger partial charge in [0.25, 0.3) is 5.56 Å². The Morgan fingerprint density at radius 3 is 2.54 bits per heavy atom. The SMILES string of the molecule is C=CCn1c(=O)c2cnc(Nc3ccc(N4CCN(CCOCC)CC4)cc3)nc2n1-c1cccc(C(C)(C)O)n1. The number of pyridine rings is 1. The molecule has 2 N–H and O–H groups in total. The van der Waals surface area contributed by atoms with Gasteiger partial charge in [0.15, 0.2) is 11.5 Å². The van der Waals surface area contributed by atoms with Gasteiger partial charge >= 0.3 is 0 Å². The van der Waals surface area contributed by atoms with E-state index in [0.717, 1.165) is 51.6 Å². The van der Waals surface area contributed by atoms with E-state index in [1.807, 2.05) is 19.1 Å². The Bertz CT molecular complexity index is 1550. The van der Waals surface area contributed by atoms with Crippen LogP contribution in [-0.2, 0) is 16.9 Å². The van der Waals surface area contributed by atoms with Crippen LogP contribution < -0.4 is 15.8 Å². The number of nitrogens with one attached hydrogen (secondary N) is 1. The molecule has 1 fully saturated rings. The molecule has 11 nitrogen and oxygen atoms in total. The van der Waals surface area contributed by atoms with Crippen LogP contribution in [0.2, 0.25) is 0 Å². The lowest BCUT2D eigenvalue weighted by molar-refractivity contribution is 0.0738. The topological polar surface area (TPSA) is 114 Å². The summed E-state index contributed by atoms with van der Waals surface area (Å²) in [5.41, 5.74) is 1.51. The summed E-state index contributed by atoms with van der Waals surface area (Å²) >= 11 is 0. The molecule has 3 aromatic heterocycles. The van der Waals surface area contributed by atoms with E-state index < -0.39 is 5.60 Å². The Hall–Kier alpha value is -4.06. The molecule has 1 aliphatic heterocycles. The minimum Gasteiger partial charge on any atom is -0.384 e. The predicted molar refractivity (Wildman–Crippen MR) is 161 cm³/mol. The van der Waals surface area contributed by atoms with Crippen LogP contribution in [0.15, 0.2) is 66.1 Å². The highest BCUT2D eigenvalue weighted by Gasteiger charge is 2.22. The monoisotopic (exact) mass is 558 g/mol. The minimum absolute atomic E-state index is 0.246. The lowest BCUT2D eigenvalue weighted by Gasteiger charge is -2.36. The van der Waals surface area contributed by atoms with E-state index >= 15 is 0 Å². The maximum atomic E-state index is 13.2. The molecule has 4 aromatic rings. The molecule has 41 heavy (non-hydrogen) atoms. The summed E-state index contributed by atoms with van der Waals surface area (Å²) in [5.74, 6) is 0.821. The molecule has 1 saturated heterocycles. The van der Waals surface area contributed by atoms with E-state index in [-0.39, 0.29) is 12.1 Å². The average Bonchev–Trinajstić information content (AvgIpc) is 3.24. The highest BCUT2D eigenvalue weighted by molar-refractivity contribution is 5.77. The Balaban J connectivity index is 1.37. The number of aromatic nitrogens is 5. The summed E-state index contributed by atoms with van der Waals surface area (Å²) in [5, 5.41) is 14.1. The zero-order chi connectivity index (χ0) is 29.0. The van der Waals surface area contributed by atoms with E-state index in [4.69, 9.17) is 9.72 Å². The van der Waals surface area contributed by atoms with Crippen molar-refractivity contribution in [3.63, 3.8) is 0 Å². The molecule has 0 aliphatic carbocycles. The summed E-state index contributed by atoms with van der Waals surface area (Å²) in [6.07, 6.45) is 3.17. The second kappa shape index (κ2) is 12.2. The molecule has 5 rings (SSSR count). The summed E-state index contributed by atoms with van der Waals surface area (Å²) in [4.78, 5) is 31.8. The number of fused-ring (bicyclic) bond motifs is 1. The van der Waals surface area contributed by atoms with Crippen molar-refractivity contribution >= 4 is 28.4 Å². The van der Waals surface area contributed by atoms with Gasteiger partial charge in [-0.3, -0.25) is 9.69 Å². The lowest BCUT2D eigenvalue weighted by atomic mass is 10.1. The number of ether oxygens (including phenoxy) is 1. The third kappa shape index (κ3) is 6.32. The average molecular weight is 559 g/mol. The first-order valence-corrected chi connectivity index (χ1v) is 14.0. The van der Waals surface area contributed by atoms with Crippen molar-refractivity contribution < 1.29 is 9.84 Å². The number of piperazine rings is 1. The first kappa shape index (κ1) is 28.5. The van der Waals surface area contributed by atoms with E-state index in [1.54, 1.807) is 42.8 Å². The molecule has 216 valence electrons. The predicted octanol–water partition coefficient (Wildman–Crippen LogP) is 3.29. The van der Waals surface area contributed by atoms with E-state index in [9.17, 15) is 9.90 Å². The van der Waals surface area contributed by atoms with Crippen LogP contribution in [0, 0.1) is 0 Å². The fraction of sp³-hybridized carbons (Fsp3) is 0.400. The molecule has 11 heteroatoms. The summed E-state index contributed by atoms with van der Waals surface area (Å²) in [6.45, 7) is 15.9. The van der Waals surface area contributed by atoms with Gasteiger partial charge < -0.3 is 20.1 Å². The van der Waals surface area contributed by atoms with E-state index in [1.165, 1.54) is 16.6 Å². The second-order valence-electron chi connectivity index (χ2n) is 10.6. The Morgan fingerprint density at radius 1 is 1.10 bits per heavy atom. The number of benzene rings is 1. The van der Waals surface area contributed by atoms with Gasteiger partial charge in [0, 0.05) is 56.9 Å². The fourth-order valence-corrected chi connectivity index (χ4v) is 4.94. The Labute approximate surface area is 239 Å². The molecule has 0 saturated carbocycles.